The lowest BCUT2D eigenvalue weighted by Crippen LogP contribution is -2.26. The van der Waals surface area contributed by atoms with Crippen molar-refractivity contribution in [3.63, 3.8) is 0 Å². The molecule has 1 N–H and O–H groups in total. The van der Waals surface area contributed by atoms with Crippen LogP contribution in [0.1, 0.15) is 39.6 Å². The highest BCUT2D eigenvalue weighted by atomic mass is 16.5. The van der Waals surface area contributed by atoms with Crippen LogP contribution in [0.3, 0.4) is 0 Å². The van der Waals surface area contributed by atoms with Crippen molar-refractivity contribution >= 4 is 17.4 Å². The molecule has 0 spiro atoms. The van der Waals surface area contributed by atoms with Crippen molar-refractivity contribution in [1.82, 2.24) is 20.1 Å². The van der Waals surface area contributed by atoms with E-state index in [-0.39, 0.29) is 11.7 Å². The molecule has 0 saturated carbocycles. The van der Waals surface area contributed by atoms with Crippen LogP contribution < -0.4 is 5.32 Å². The van der Waals surface area contributed by atoms with Gasteiger partial charge in [0.1, 0.15) is 5.69 Å². The largest absolute Gasteiger partial charge is 0.463 e. The lowest BCUT2D eigenvalue weighted by Gasteiger charge is -2.09. The van der Waals surface area contributed by atoms with Crippen molar-refractivity contribution in [3.05, 3.63) is 53.7 Å². The molecule has 0 aliphatic carbocycles. The molecule has 3 aromatic rings. The lowest BCUT2D eigenvalue weighted by atomic mass is 10.2. The molecular formula is C15H14N4O4. The smallest absolute Gasteiger partial charge is 0.376 e. The summed E-state index contributed by atoms with van der Waals surface area (Å²) in [5.41, 5.74) is 1.58. The molecule has 0 aromatic carbocycles. The molecule has 118 valence electrons. The summed E-state index contributed by atoms with van der Waals surface area (Å²) in [7, 11) is 1.25. The van der Waals surface area contributed by atoms with Gasteiger partial charge in [0.15, 0.2) is 0 Å². The maximum Gasteiger partial charge on any atom is 0.376 e. The number of nitrogens with zero attached hydrogens (tertiary/aromatic N) is 3. The Bertz CT molecular complexity index is 867. The van der Waals surface area contributed by atoms with Gasteiger partial charge in [0.25, 0.3) is 5.91 Å². The van der Waals surface area contributed by atoms with Crippen LogP contribution in [0.4, 0.5) is 0 Å². The molecule has 0 aliphatic heterocycles. The summed E-state index contributed by atoms with van der Waals surface area (Å²) in [6.07, 6.45) is 3.26. The number of fused-ring (bicyclic) bond motifs is 1. The summed E-state index contributed by atoms with van der Waals surface area (Å²) >= 11 is 0. The van der Waals surface area contributed by atoms with Crippen LogP contribution in [0.15, 0.2) is 41.2 Å². The first-order chi connectivity index (χ1) is 11.1. The highest BCUT2D eigenvalue weighted by molar-refractivity contribution is 6.00. The predicted molar refractivity (Wildman–Crippen MR) is 78.9 cm³/mol. The topological polar surface area (TPSA) is 98.7 Å². The molecule has 3 heterocycles. The quantitative estimate of drug-likeness (QED) is 0.734. The molecule has 3 aromatic heterocycles. The minimum atomic E-state index is -0.620. The van der Waals surface area contributed by atoms with E-state index in [0.717, 1.165) is 0 Å². The molecule has 1 atom stereocenters. The van der Waals surface area contributed by atoms with Crippen molar-refractivity contribution in [2.45, 2.75) is 13.0 Å². The van der Waals surface area contributed by atoms with Gasteiger partial charge in [-0.05, 0) is 19.1 Å². The number of nitrogens with one attached hydrogen (secondary N) is 1. The number of carbonyl (C=O) groups excluding carboxylic acids is 2. The normalized spacial score (nSPS) is 12.1. The summed E-state index contributed by atoms with van der Waals surface area (Å²) in [4.78, 5) is 23.7. The first-order valence-electron chi connectivity index (χ1n) is 6.88. The van der Waals surface area contributed by atoms with Gasteiger partial charge in [-0.3, -0.25) is 4.79 Å². The van der Waals surface area contributed by atoms with Crippen LogP contribution in [0.25, 0.3) is 5.52 Å². The first kappa shape index (κ1) is 14.8. The maximum absolute atomic E-state index is 12.4. The van der Waals surface area contributed by atoms with Crippen molar-refractivity contribution in [2.75, 3.05) is 7.11 Å². The first-order valence-corrected chi connectivity index (χ1v) is 6.88. The molecule has 0 bridgehead atoms. The van der Waals surface area contributed by atoms with Crippen molar-refractivity contribution in [1.29, 1.82) is 0 Å². The Hall–Kier alpha value is -3.16. The predicted octanol–water partition coefficient (Wildman–Crippen LogP) is 1.60. The molecule has 0 fully saturated rings. The molecule has 0 aliphatic rings. The van der Waals surface area contributed by atoms with Gasteiger partial charge in [0, 0.05) is 12.3 Å². The van der Waals surface area contributed by atoms with E-state index in [1.807, 2.05) is 12.1 Å². The van der Waals surface area contributed by atoms with E-state index in [9.17, 15) is 9.59 Å². The highest BCUT2D eigenvalue weighted by Crippen LogP contribution is 2.16. The fourth-order valence-electron chi connectivity index (χ4n) is 2.15. The Morgan fingerprint density at radius 2 is 2.22 bits per heavy atom. The summed E-state index contributed by atoms with van der Waals surface area (Å²) in [6, 6.07) is 6.46. The number of pyridine rings is 1. The fourth-order valence-corrected chi connectivity index (χ4v) is 2.15. The summed E-state index contributed by atoms with van der Waals surface area (Å²) in [5, 5.41) is 10.7. The zero-order chi connectivity index (χ0) is 16.4. The van der Waals surface area contributed by atoms with Gasteiger partial charge in [-0.1, -0.05) is 11.2 Å². The number of esters is 1. The van der Waals surface area contributed by atoms with E-state index < -0.39 is 12.0 Å². The van der Waals surface area contributed by atoms with Crippen molar-refractivity contribution < 1.29 is 18.8 Å². The zero-order valence-electron chi connectivity index (χ0n) is 12.5. The molecule has 8 nitrogen and oxygen atoms in total. The number of ether oxygens (including phenoxy) is 1. The Labute approximate surface area is 131 Å². The number of hydrogen-bond acceptors (Lipinski definition) is 6. The van der Waals surface area contributed by atoms with Crippen molar-refractivity contribution in [2.24, 2.45) is 0 Å². The molecule has 3 rings (SSSR count). The molecular weight excluding hydrogens is 300 g/mol. The number of methoxy groups -OCH3 is 1. The van der Waals surface area contributed by atoms with Crippen LogP contribution in [0.5, 0.6) is 0 Å². The number of carbonyl (C=O) groups is 2. The van der Waals surface area contributed by atoms with Gasteiger partial charge in [-0.15, -0.1) is 0 Å². The van der Waals surface area contributed by atoms with Gasteiger partial charge in [0.05, 0.1) is 30.4 Å². The van der Waals surface area contributed by atoms with Crippen LogP contribution in [-0.4, -0.2) is 33.8 Å². The van der Waals surface area contributed by atoms with E-state index >= 15 is 0 Å². The van der Waals surface area contributed by atoms with Crippen LogP contribution in [0.2, 0.25) is 0 Å². The minimum Gasteiger partial charge on any atom is -0.463 e. The number of hydrogen-bond donors (Lipinski definition) is 1. The number of amides is 1. The van der Waals surface area contributed by atoms with E-state index in [1.54, 1.807) is 23.7 Å². The second kappa shape index (κ2) is 5.91. The lowest BCUT2D eigenvalue weighted by molar-refractivity contribution is 0.0554. The molecule has 0 radical (unpaired) electrons. The van der Waals surface area contributed by atoms with Gasteiger partial charge < -0.3 is 14.6 Å². The third-order valence-corrected chi connectivity index (χ3v) is 3.38. The average molecular weight is 314 g/mol. The van der Waals surface area contributed by atoms with Crippen LogP contribution in [-0.2, 0) is 4.74 Å². The minimum absolute atomic E-state index is 0.0143. The third kappa shape index (κ3) is 2.78. The van der Waals surface area contributed by atoms with Crippen molar-refractivity contribution in [3.8, 4) is 0 Å². The van der Waals surface area contributed by atoms with E-state index in [4.69, 9.17) is 4.52 Å². The summed E-state index contributed by atoms with van der Waals surface area (Å²) < 4.78 is 11.1. The Morgan fingerprint density at radius 1 is 1.39 bits per heavy atom. The second-order valence-corrected chi connectivity index (χ2v) is 4.89. The Kier molecular flexibility index (Phi) is 3.80. The molecule has 1 amide bonds. The number of aromatic nitrogens is 3. The highest BCUT2D eigenvalue weighted by Gasteiger charge is 2.20. The standard InChI is InChI=1S/C15H14N4O4/c1-9(11-7-13(23-18-11)15(21)22-2)17-14(20)10-8-16-19-6-4-3-5-12(10)19/h3-9H,1-2H3,(H,17,20). The van der Waals surface area contributed by atoms with E-state index in [2.05, 4.69) is 20.3 Å². The Balaban J connectivity index is 1.77. The zero-order valence-corrected chi connectivity index (χ0v) is 12.5. The average Bonchev–Trinajstić information content (AvgIpc) is 3.21. The van der Waals surface area contributed by atoms with Gasteiger partial charge >= 0.3 is 5.97 Å². The SMILES string of the molecule is COC(=O)c1cc(C(C)NC(=O)c2cnn3ccccc23)no1. The molecule has 1 unspecified atom stereocenters. The molecule has 8 heteroatoms. The second-order valence-electron chi connectivity index (χ2n) is 4.89. The maximum atomic E-state index is 12.4. The summed E-state index contributed by atoms with van der Waals surface area (Å²) in [6.45, 7) is 1.74. The van der Waals surface area contributed by atoms with Gasteiger partial charge in [-0.25, -0.2) is 9.31 Å². The third-order valence-electron chi connectivity index (χ3n) is 3.38. The fraction of sp³-hybridized carbons (Fsp3) is 0.200. The summed E-state index contributed by atoms with van der Waals surface area (Å²) in [5.74, 6) is -0.925. The van der Waals surface area contributed by atoms with Crippen LogP contribution in [0, 0.1) is 0 Å². The monoisotopic (exact) mass is 314 g/mol. The molecule has 0 saturated heterocycles. The van der Waals surface area contributed by atoms with Gasteiger partial charge in [0.2, 0.25) is 5.76 Å². The Morgan fingerprint density at radius 3 is 3.00 bits per heavy atom. The number of rotatable bonds is 4. The van der Waals surface area contributed by atoms with E-state index in [0.29, 0.717) is 16.8 Å². The van der Waals surface area contributed by atoms with Crippen LogP contribution >= 0.6 is 0 Å². The van der Waals surface area contributed by atoms with E-state index in [1.165, 1.54) is 19.4 Å². The van der Waals surface area contributed by atoms with Gasteiger partial charge in [-0.2, -0.15) is 5.10 Å². The molecule has 23 heavy (non-hydrogen) atoms.